The molecule has 2 aliphatic heterocycles. The second-order valence-corrected chi connectivity index (χ2v) is 9.93. The fraction of sp³-hybridized carbons (Fsp3) is 0.240. The van der Waals surface area contributed by atoms with E-state index < -0.39 is 5.60 Å². The zero-order valence-corrected chi connectivity index (χ0v) is 19.4. The predicted octanol–water partition coefficient (Wildman–Crippen LogP) is 3.98. The van der Waals surface area contributed by atoms with Gasteiger partial charge in [-0.15, -0.1) is 11.3 Å². The maximum Gasteiger partial charge on any atom is 0.261 e. The number of anilines is 1. The maximum atomic E-state index is 12.7. The van der Waals surface area contributed by atoms with Crippen LogP contribution < -0.4 is 10.1 Å². The average Bonchev–Trinajstić information content (AvgIpc) is 3.34. The van der Waals surface area contributed by atoms with Crippen molar-refractivity contribution in [3.8, 4) is 5.75 Å². The molecule has 0 saturated heterocycles. The molecule has 0 spiro atoms. The summed E-state index contributed by atoms with van der Waals surface area (Å²) in [6.07, 6.45) is 2.29. The molecule has 3 heterocycles. The molecular weight excluding hydrogens is 454 g/mol. The molecule has 0 unspecified atom stereocenters. The van der Waals surface area contributed by atoms with Crippen LogP contribution in [0, 0.1) is 0 Å². The number of amides is 3. The van der Waals surface area contributed by atoms with Crippen molar-refractivity contribution >= 4 is 40.0 Å². The number of ketones is 1. The minimum absolute atomic E-state index is 0.0643. The van der Waals surface area contributed by atoms with Gasteiger partial charge in [0.25, 0.3) is 17.7 Å². The minimum atomic E-state index is -0.571. The van der Waals surface area contributed by atoms with Crippen LogP contribution in [0.25, 0.3) is 0 Å². The first kappa shape index (κ1) is 22.0. The van der Waals surface area contributed by atoms with Gasteiger partial charge in [-0.2, -0.15) is 0 Å². The summed E-state index contributed by atoms with van der Waals surface area (Å²) in [4.78, 5) is 56.5. The average molecular weight is 476 g/mol. The van der Waals surface area contributed by atoms with E-state index in [2.05, 4.69) is 10.3 Å². The smallest absolute Gasteiger partial charge is 0.261 e. The highest BCUT2D eigenvalue weighted by Crippen LogP contribution is 2.33. The topological polar surface area (TPSA) is 106 Å². The number of benzene rings is 2. The molecule has 34 heavy (non-hydrogen) atoms. The number of imide groups is 1. The van der Waals surface area contributed by atoms with Crippen molar-refractivity contribution < 1.29 is 23.9 Å². The first-order valence-corrected chi connectivity index (χ1v) is 11.6. The molecule has 0 radical (unpaired) electrons. The molecule has 0 atom stereocenters. The summed E-state index contributed by atoms with van der Waals surface area (Å²) >= 11 is 1.27. The Morgan fingerprint density at radius 2 is 1.79 bits per heavy atom. The lowest BCUT2D eigenvalue weighted by molar-refractivity contribution is 0.0615. The van der Waals surface area contributed by atoms with Crippen molar-refractivity contribution in [3.05, 3.63) is 75.8 Å². The van der Waals surface area contributed by atoms with E-state index in [4.69, 9.17) is 4.74 Å². The van der Waals surface area contributed by atoms with Gasteiger partial charge >= 0.3 is 0 Å². The molecule has 2 aliphatic rings. The number of ether oxygens (including phenoxy) is 1. The van der Waals surface area contributed by atoms with E-state index >= 15 is 0 Å². The number of carbonyl (C=O) groups excluding carboxylic acids is 4. The monoisotopic (exact) mass is 475 g/mol. The Balaban J connectivity index is 1.23. The molecule has 2 aromatic carbocycles. The van der Waals surface area contributed by atoms with E-state index in [-0.39, 0.29) is 36.5 Å². The van der Waals surface area contributed by atoms with Crippen LogP contribution in [0.1, 0.15) is 66.6 Å². The Morgan fingerprint density at radius 1 is 1.09 bits per heavy atom. The predicted molar refractivity (Wildman–Crippen MR) is 126 cm³/mol. The SMILES string of the molecule is CC1(C)CC(=O)c2cc(C(=O)Nc3ncc(CCN4C(=O)c5ccccc5C4=O)s3)ccc2O1. The lowest BCUT2D eigenvalue weighted by atomic mass is 9.92. The van der Waals surface area contributed by atoms with E-state index in [0.717, 1.165) is 4.88 Å². The summed E-state index contributed by atoms with van der Waals surface area (Å²) in [6.45, 7) is 3.93. The standard InChI is InChI=1S/C25H21N3O5S/c1-25(2)12-19(29)18-11-14(7-8-20(18)33-25)21(30)27-24-26-13-15(34-24)9-10-28-22(31)16-5-3-4-6-17(16)23(28)32/h3-8,11,13H,9-10,12H2,1-2H3,(H,26,27,30). The largest absolute Gasteiger partial charge is 0.487 e. The quantitative estimate of drug-likeness (QED) is 0.560. The lowest BCUT2D eigenvalue weighted by Gasteiger charge is -2.31. The van der Waals surface area contributed by atoms with Crippen molar-refractivity contribution in [2.75, 3.05) is 11.9 Å². The fourth-order valence-corrected chi connectivity index (χ4v) is 4.90. The number of hydrogen-bond acceptors (Lipinski definition) is 7. The molecule has 0 bridgehead atoms. The van der Waals surface area contributed by atoms with Gasteiger partial charge in [0.15, 0.2) is 10.9 Å². The van der Waals surface area contributed by atoms with Crippen LogP contribution in [0.2, 0.25) is 0 Å². The molecule has 0 aliphatic carbocycles. The van der Waals surface area contributed by atoms with Crippen molar-refractivity contribution in [3.63, 3.8) is 0 Å². The molecule has 0 fully saturated rings. The Kier molecular flexibility index (Phi) is 5.28. The van der Waals surface area contributed by atoms with E-state index in [9.17, 15) is 19.2 Å². The summed E-state index contributed by atoms with van der Waals surface area (Å²) in [5, 5.41) is 3.14. The van der Waals surface area contributed by atoms with Gasteiger partial charge in [-0.25, -0.2) is 4.98 Å². The Bertz CT molecular complexity index is 1330. The third-order valence-corrected chi connectivity index (χ3v) is 6.72. The van der Waals surface area contributed by atoms with Crippen LogP contribution in [0.4, 0.5) is 5.13 Å². The Hall–Kier alpha value is -3.85. The van der Waals surface area contributed by atoms with E-state index in [1.807, 2.05) is 13.8 Å². The molecule has 5 rings (SSSR count). The third-order valence-electron chi connectivity index (χ3n) is 5.75. The van der Waals surface area contributed by atoms with Gasteiger partial charge in [-0.1, -0.05) is 12.1 Å². The number of aromatic nitrogens is 1. The molecule has 3 aromatic rings. The van der Waals surface area contributed by atoms with Crippen molar-refractivity contribution in [2.45, 2.75) is 32.3 Å². The van der Waals surface area contributed by atoms with Gasteiger partial charge in [0.05, 0.1) is 23.1 Å². The Labute approximate surface area is 199 Å². The second kappa shape index (κ2) is 8.18. The van der Waals surface area contributed by atoms with Gasteiger partial charge in [0, 0.05) is 29.6 Å². The molecular formula is C25H21N3O5S. The number of hydrogen-bond donors (Lipinski definition) is 1. The van der Waals surface area contributed by atoms with Crippen molar-refractivity contribution in [1.82, 2.24) is 9.88 Å². The number of nitrogens with one attached hydrogen (secondary N) is 1. The Morgan fingerprint density at radius 3 is 2.50 bits per heavy atom. The van der Waals surface area contributed by atoms with Crippen LogP contribution >= 0.6 is 11.3 Å². The van der Waals surface area contributed by atoms with Crippen molar-refractivity contribution in [2.24, 2.45) is 0 Å². The van der Waals surface area contributed by atoms with Crippen LogP contribution in [-0.2, 0) is 6.42 Å². The van der Waals surface area contributed by atoms with Gasteiger partial charge in [0.2, 0.25) is 0 Å². The van der Waals surface area contributed by atoms with Crippen LogP contribution in [0.3, 0.4) is 0 Å². The second-order valence-electron chi connectivity index (χ2n) is 8.82. The molecule has 8 nitrogen and oxygen atoms in total. The van der Waals surface area contributed by atoms with Crippen molar-refractivity contribution in [1.29, 1.82) is 0 Å². The minimum Gasteiger partial charge on any atom is -0.487 e. The van der Waals surface area contributed by atoms with Crippen LogP contribution in [-0.4, -0.2) is 45.5 Å². The number of thiazole rings is 1. The summed E-state index contributed by atoms with van der Waals surface area (Å²) in [6, 6.07) is 11.6. The number of nitrogens with zero attached hydrogens (tertiary/aromatic N) is 2. The fourth-order valence-electron chi connectivity index (χ4n) is 4.11. The summed E-state index contributed by atoms with van der Waals surface area (Å²) < 4.78 is 5.84. The normalized spacial score (nSPS) is 16.2. The van der Waals surface area contributed by atoms with E-state index in [1.165, 1.54) is 16.2 Å². The molecule has 0 saturated carbocycles. The van der Waals surface area contributed by atoms with E-state index in [0.29, 0.717) is 39.6 Å². The molecule has 9 heteroatoms. The summed E-state index contributed by atoms with van der Waals surface area (Å²) in [5.41, 5.74) is 0.994. The van der Waals surface area contributed by atoms with Crippen LogP contribution in [0.5, 0.6) is 5.75 Å². The molecule has 3 amide bonds. The zero-order chi connectivity index (χ0) is 24.0. The summed E-state index contributed by atoms with van der Waals surface area (Å²) in [7, 11) is 0. The number of carbonyl (C=O) groups is 4. The van der Waals surface area contributed by atoms with Gasteiger partial charge in [-0.3, -0.25) is 29.4 Å². The third kappa shape index (κ3) is 3.99. The van der Waals surface area contributed by atoms with Crippen LogP contribution in [0.15, 0.2) is 48.7 Å². The summed E-state index contributed by atoms with van der Waals surface area (Å²) in [5.74, 6) is -0.573. The number of Topliss-reactive ketones (excluding diaryl/α,β-unsaturated/α-hetero) is 1. The highest BCUT2D eigenvalue weighted by Gasteiger charge is 2.35. The zero-order valence-electron chi connectivity index (χ0n) is 18.6. The highest BCUT2D eigenvalue weighted by molar-refractivity contribution is 7.15. The number of rotatable bonds is 5. The maximum absolute atomic E-state index is 12.7. The van der Waals surface area contributed by atoms with Gasteiger partial charge in [-0.05, 0) is 44.2 Å². The number of fused-ring (bicyclic) bond motifs is 2. The first-order valence-electron chi connectivity index (χ1n) is 10.8. The molecule has 1 aromatic heterocycles. The van der Waals surface area contributed by atoms with Gasteiger partial charge in [0.1, 0.15) is 11.4 Å². The lowest BCUT2D eigenvalue weighted by Crippen LogP contribution is -2.36. The molecule has 1 N–H and O–H groups in total. The highest BCUT2D eigenvalue weighted by atomic mass is 32.1. The molecule has 172 valence electrons. The van der Waals surface area contributed by atoms with E-state index in [1.54, 1.807) is 48.7 Å². The van der Waals surface area contributed by atoms with Gasteiger partial charge < -0.3 is 4.74 Å². The first-order chi connectivity index (χ1) is 16.2.